The van der Waals surface area contributed by atoms with Gasteiger partial charge in [0.15, 0.2) is 5.82 Å². The standard InChI is InChI=1S/C21H21N5O/c1-21(2,3)17-12-23-18(27-17)13-24-20-15-8-4-5-9-16(15)25-19(26-20)14-7-6-10-22-11-14/h4-12H,13H2,1-3H3,(H,24,25,26). The quantitative estimate of drug-likeness (QED) is 0.574. The lowest BCUT2D eigenvalue weighted by Gasteiger charge is -2.13. The Morgan fingerprint density at radius 2 is 1.85 bits per heavy atom. The molecule has 0 aliphatic rings. The number of fused-ring (bicyclic) bond motifs is 1. The van der Waals surface area contributed by atoms with Crippen molar-refractivity contribution in [2.75, 3.05) is 5.32 Å². The van der Waals surface area contributed by atoms with Crippen molar-refractivity contribution in [2.24, 2.45) is 0 Å². The Morgan fingerprint density at radius 1 is 1.00 bits per heavy atom. The van der Waals surface area contributed by atoms with E-state index >= 15 is 0 Å². The first-order valence-electron chi connectivity index (χ1n) is 8.87. The number of benzene rings is 1. The third-order valence-electron chi connectivity index (χ3n) is 4.22. The second kappa shape index (κ2) is 6.79. The van der Waals surface area contributed by atoms with Crippen LogP contribution in [-0.2, 0) is 12.0 Å². The minimum absolute atomic E-state index is 0.0691. The molecule has 0 saturated carbocycles. The third-order valence-corrected chi connectivity index (χ3v) is 4.22. The smallest absolute Gasteiger partial charge is 0.213 e. The summed E-state index contributed by atoms with van der Waals surface area (Å²) in [5.41, 5.74) is 1.68. The first-order chi connectivity index (χ1) is 13.0. The summed E-state index contributed by atoms with van der Waals surface area (Å²) in [6.07, 6.45) is 5.28. The number of oxazole rings is 1. The zero-order valence-corrected chi connectivity index (χ0v) is 15.6. The summed E-state index contributed by atoms with van der Waals surface area (Å²) in [5.74, 6) is 2.87. The maximum Gasteiger partial charge on any atom is 0.213 e. The van der Waals surface area contributed by atoms with E-state index in [1.165, 1.54) is 0 Å². The molecule has 6 heteroatoms. The normalized spacial score (nSPS) is 11.7. The highest BCUT2D eigenvalue weighted by atomic mass is 16.4. The molecule has 0 saturated heterocycles. The van der Waals surface area contributed by atoms with Crippen molar-refractivity contribution in [1.29, 1.82) is 0 Å². The zero-order valence-electron chi connectivity index (χ0n) is 15.6. The Kier molecular flexibility index (Phi) is 4.32. The Balaban J connectivity index is 1.67. The molecular weight excluding hydrogens is 338 g/mol. The second-order valence-corrected chi connectivity index (χ2v) is 7.38. The number of hydrogen-bond donors (Lipinski definition) is 1. The van der Waals surface area contributed by atoms with E-state index in [1.54, 1.807) is 18.6 Å². The van der Waals surface area contributed by atoms with Gasteiger partial charge in [0, 0.05) is 28.8 Å². The van der Waals surface area contributed by atoms with E-state index in [1.807, 2.05) is 36.4 Å². The lowest BCUT2D eigenvalue weighted by molar-refractivity contribution is 0.385. The van der Waals surface area contributed by atoms with Gasteiger partial charge >= 0.3 is 0 Å². The van der Waals surface area contributed by atoms with Crippen molar-refractivity contribution in [3.63, 3.8) is 0 Å². The van der Waals surface area contributed by atoms with E-state index in [-0.39, 0.29) is 5.41 Å². The number of para-hydroxylation sites is 1. The summed E-state index contributed by atoms with van der Waals surface area (Å²) < 4.78 is 5.87. The van der Waals surface area contributed by atoms with Gasteiger partial charge < -0.3 is 9.73 Å². The van der Waals surface area contributed by atoms with Crippen molar-refractivity contribution in [2.45, 2.75) is 32.7 Å². The van der Waals surface area contributed by atoms with E-state index < -0.39 is 0 Å². The lowest BCUT2D eigenvalue weighted by atomic mass is 9.94. The van der Waals surface area contributed by atoms with Gasteiger partial charge in [-0.15, -0.1) is 0 Å². The van der Waals surface area contributed by atoms with Crippen LogP contribution in [0.1, 0.15) is 32.4 Å². The molecular formula is C21H21N5O. The van der Waals surface area contributed by atoms with Crippen LogP contribution in [0.4, 0.5) is 5.82 Å². The van der Waals surface area contributed by atoms with Gasteiger partial charge in [0.1, 0.15) is 11.6 Å². The second-order valence-electron chi connectivity index (χ2n) is 7.38. The molecule has 3 aromatic heterocycles. The van der Waals surface area contributed by atoms with Crippen molar-refractivity contribution in [3.8, 4) is 11.4 Å². The van der Waals surface area contributed by atoms with Gasteiger partial charge in [-0.2, -0.15) is 0 Å². The molecule has 0 atom stereocenters. The molecule has 0 spiro atoms. The summed E-state index contributed by atoms with van der Waals surface area (Å²) in [4.78, 5) is 17.9. The molecule has 0 amide bonds. The molecule has 0 unspecified atom stereocenters. The zero-order chi connectivity index (χ0) is 18.9. The Bertz CT molecular complexity index is 1070. The predicted molar refractivity (Wildman–Crippen MR) is 105 cm³/mol. The minimum Gasteiger partial charge on any atom is -0.443 e. The molecule has 1 N–H and O–H groups in total. The topological polar surface area (TPSA) is 76.7 Å². The molecule has 0 fully saturated rings. The number of aromatic nitrogens is 4. The maximum absolute atomic E-state index is 5.87. The number of nitrogens with zero attached hydrogens (tertiary/aromatic N) is 4. The van der Waals surface area contributed by atoms with Crippen LogP contribution in [0.15, 0.2) is 59.4 Å². The third kappa shape index (κ3) is 3.65. The number of nitrogens with one attached hydrogen (secondary N) is 1. The average Bonchev–Trinajstić information content (AvgIpc) is 3.16. The fraction of sp³-hybridized carbons (Fsp3) is 0.238. The fourth-order valence-corrected chi connectivity index (χ4v) is 2.73. The molecule has 0 bridgehead atoms. The van der Waals surface area contributed by atoms with E-state index in [0.717, 1.165) is 28.0 Å². The molecule has 0 aliphatic carbocycles. The van der Waals surface area contributed by atoms with Gasteiger partial charge in [0.2, 0.25) is 5.89 Å². The van der Waals surface area contributed by atoms with Gasteiger partial charge in [0.05, 0.1) is 18.3 Å². The van der Waals surface area contributed by atoms with Crippen LogP contribution in [0.2, 0.25) is 0 Å². The minimum atomic E-state index is -0.0691. The fourth-order valence-electron chi connectivity index (χ4n) is 2.73. The van der Waals surface area contributed by atoms with Gasteiger partial charge in [-0.3, -0.25) is 4.98 Å². The van der Waals surface area contributed by atoms with Crippen molar-refractivity contribution in [1.82, 2.24) is 19.9 Å². The van der Waals surface area contributed by atoms with Crippen molar-refractivity contribution >= 4 is 16.7 Å². The van der Waals surface area contributed by atoms with E-state index in [4.69, 9.17) is 9.40 Å². The number of pyridine rings is 1. The van der Waals surface area contributed by atoms with Crippen LogP contribution >= 0.6 is 0 Å². The van der Waals surface area contributed by atoms with Gasteiger partial charge in [-0.05, 0) is 24.3 Å². The summed E-state index contributed by atoms with van der Waals surface area (Å²) in [5, 5.41) is 4.30. The Morgan fingerprint density at radius 3 is 2.59 bits per heavy atom. The molecule has 1 aromatic carbocycles. The summed E-state index contributed by atoms with van der Waals surface area (Å²) in [6, 6.07) is 11.7. The number of hydrogen-bond acceptors (Lipinski definition) is 6. The maximum atomic E-state index is 5.87. The Labute approximate surface area is 157 Å². The monoisotopic (exact) mass is 359 g/mol. The molecule has 0 aliphatic heterocycles. The van der Waals surface area contributed by atoms with E-state index in [2.05, 4.69) is 41.0 Å². The van der Waals surface area contributed by atoms with Gasteiger partial charge in [-0.25, -0.2) is 15.0 Å². The van der Waals surface area contributed by atoms with Gasteiger partial charge in [-0.1, -0.05) is 32.9 Å². The van der Waals surface area contributed by atoms with Crippen molar-refractivity contribution < 1.29 is 4.42 Å². The lowest BCUT2D eigenvalue weighted by Crippen LogP contribution is -2.09. The first kappa shape index (κ1) is 17.1. The number of rotatable bonds is 4. The molecule has 4 aromatic rings. The summed E-state index contributed by atoms with van der Waals surface area (Å²) in [6.45, 7) is 6.75. The predicted octanol–water partition coefficient (Wildman–Crippen LogP) is 4.59. The van der Waals surface area contributed by atoms with Crippen LogP contribution in [0, 0.1) is 0 Å². The summed E-state index contributed by atoms with van der Waals surface area (Å²) >= 11 is 0. The van der Waals surface area contributed by atoms with Crippen LogP contribution in [0.25, 0.3) is 22.3 Å². The summed E-state index contributed by atoms with van der Waals surface area (Å²) in [7, 11) is 0. The molecule has 3 heterocycles. The van der Waals surface area contributed by atoms with Crippen LogP contribution in [-0.4, -0.2) is 19.9 Å². The Hall–Kier alpha value is -3.28. The van der Waals surface area contributed by atoms with E-state index in [9.17, 15) is 0 Å². The highest BCUT2D eigenvalue weighted by Gasteiger charge is 2.19. The highest BCUT2D eigenvalue weighted by molar-refractivity contribution is 5.90. The van der Waals surface area contributed by atoms with Gasteiger partial charge in [0.25, 0.3) is 0 Å². The van der Waals surface area contributed by atoms with Crippen LogP contribution in [0.3, 0.4) is 0 Å². The SMILES string of the molecule is CC(C)(C)c1cnc(CNc2nc(-c3cccnc3)nc3ccccc23)o1. The first-order valence-corrected chi connectivity index (χ1v) is 8.87. The molecule has 136 valence electrons. The molecule has 6 nitrogen and oxygen atoms in total. The molecule has 27 heavy (non-hydrogen) atoms. The van der Waals surface area contributed by atoms with E-state index in [0.29, 0.717) is 18.3 Å². The molecule has 0 radical (unpaired) electrons. The van der Waals surface area contributed by atoms with Crippen molar-refractivity contribution in [3.05, 3.63) is 66.6 Å². The van der Waals surface area contributed by atoms with Crippen LogP contribution in [0.5, 0.6) is 0 Å². The number of anilines is 1. The molecule has 4 rings (SSSR count). The van der Waals surface area contributed by atoms with Crippen LogP contribution < -0.4 is 5.32 Å². The highest BCUT2D eigenvalue weighted by Crippen LogP contribution is 2.26. The largest absolute Gasteiger partial charge is 0.443 e. The average molecular weight is 359 g/mol.